The molecule has 2 N–H and O–H groups in total. The van der Waals surface area contributed by atoms with Gasteiger partial charge in [-0.25, -0.2) is 8.42 Å². The van der Waals surface area contributed by atoms with Crippen molar-refractivity contribution in [3.05, 3.63) is 70.2 Å². The van der Waals surface area contributed by atoms with Crippen molar-refractivity contribution >= 4 is 38.9 Å². The Morgan fingerprint density at radius 1 is 1.03 bits per heavy atom. The molecule has 0 saturated carbocycles. The largest absolute Gasteiger partial charge is 0.493 e. The predicted octanol–water partition coefficient (Wildman–Crippen LogP) is 5.51. The second-order valence-electron chi connectivity index (χ2n) is 7.33. The molecule has 4 rings (SSSR count). The van der Waals surface area contributed by atoms with Gasteiger partial charge in [0.05, 0.1) is 22.8 Å². The number of rotatable bonds is 5. The number of anilines is 2. The normalized spacial score (nSPS) is 12.7. The Balaban J connectivity index is 1.65. The lowest BCUT2D eigenvalue weighted by molar-refractivity contribution is 0.102. The highest BCUT2D eigenvalue weighted by Gasteiger charge is 2.23. The molecule has 0 aromatic heterocycles. The van der Waals surface area contributed by atoms with E-state index >= 15 is 0 Å². The topological polar surface area (TPSA) is 93.7 Å². The van der Waals surface area contributed by atoms with Gasteiger partial charge in [-0.3, -0.25) is 9.52 Å². The maximum Gasteiger partial charge on any atom is 0.261 e. The molecule has 1 heterocycles. The van der Waals surface area contributed by atoms with Gasteiger partial charge in [-0.05, 0) is 80.4 Å². The van der Waals surface area contributed by atoms with Crippen molar-refractivity contribution in [2.45, 2.75) is 25.7 Å². The molecule has 3 aromatic rings. The summed E-state index contributed by atoms with van der Waals surface area (Å²) in [5, 5.41) is 3.19. The molecule has 0 bridgehead atoms. The summed E-state index contributed by atoms with van der Waals surface area (Å²) in [6.07, 6.45) is 0. The SMILES string of the molecule is CCOc1c(C)cc(S(=O)(=O)Nc2ccc3c(c2)C(=O)Nc2cc(Cl)ccc2O3)cc1C. The van der Waals surface area contributed by atoms with Crippen LogP contribution in [-0.2, 0) is 10.0 Å². The number of sulfonamides is 1. The third-order valence-electron chi connectivity index (χ3n) is 4.92. The molecular formula is C23H21ClN2O5S. The monoisotopic (exact) mass is 472 g/mol. The molecule has 0 saturated heterocycles. The average Bonchev–Trinajstić information content (AvgIpc) is 2.86. The van der Waals surface area contributed by atoms with E-state index in [9.17, 15) is 13.2 Å². The third kappa shape index (κ3) is 4.24. The van der Waals surface area contributed by atoms with Crippen LogP contribution in [0.5, 0.6) is 17.2 Å². The van der Waals surface area contributed by atoms with Crippen LogP contribution in [0.25, 0.3) is 0 Å². The molecule has 0 fully saturated rings. The van der Waals surface area contributed by atoms with Gasteiger partial charge >= 0.3 is 0 Å². The smallest absolute Gasteiger partial charge is 0.261 e. The molecule has 1 aliphatic heterocycles. The number of carbonyl (C=O) groups excluding carboxylic acids is 1. The van der Waals surface area contributed by atoms with E-state index in [2.05, 4.69) is 10.0 Å². The number of hydrogen-bond acceptors (Lipinski definition) is 5. The molecule has 0 unspecified atom stereocenters. The molecule has 0 atom stereocenters. The van der Waals surface area contributed by atoms with Gasteiger partial charge in [-0.15, -0.1) is 0 Å². The second kappa shape index (κ2) is 8.37. The number of nitrogens with one attached hydrogen (secondary N) is 2. The van der Waals surface area contributed by atoms with Gasteiger partial charge in [0.1, 0.15) is 11.5 Å². The molecule has 166 valence electrons. The fourth-order valence-corrected chi connectivity index (χ4v) is 4.90. The lowest BCUT2D eigenvalue weighted by atomic mass is 10.1. The van der Waals surface area contributed by atoms with E-state index in [-0.39, 0.29) is 16.1 Å². The minimum absolute atomic E-state index is 0.105. The summed E-state index contributed by atoms with van der Waals surface area (Å²) in [4.78, 5) is 12.8. The molecule has 1 aliphatic rings. The first-order chi connectivity index (χ1) is 15.2. The van der Waals surface area contributed by atoms with Crippen molar-refractivity contribution in [3.63, 3.8) is 0 Å². The van der Waals surface area contributed by atoms with Crippen molar-refractivity contribution in [2.75, 3.05) is 16.6 Å². The molecule has 3 aromatic carbocycles. The van der Waals surface area contributed by atoms with Crippen LogP contribution in [0.15, 0.2) is 53.4 Å². The van der Waals surface area contributed by atoms with Gasteiger partial charge in [-0.2, -0.15) is 0 Å². The van der Waals surface area contributed by atoms with Crippen LogP contribution in [0.4, 0.5) is 11.4 Å². The summed E-state index contributed by atoms with van der Waals surface area (Å²) in [5.74, 6) is 0.981. The lowest BCUT2D eigenvalue weighted by Gasteiger charge is -2.15. The molecule has 9 heteroatoms. The van der Waals surface area contributed by atoms with E-state index in [4.69, 9.17) is 21.1 Å². The number of fused-ring (bicyclic) bond motifs is 2. The quantitative estimate of drug-likeness (QED) is 0.510. The van der Waals surface area contributed by atoms with Gasteiger partial charge in [-0.1, -0.05) is 11.6 Å². The number of aryl methyl sites for hydroxylation is 2. The van der Waals surface area contributed by atoms with Gasteiger partial charge < -0.3 is 14.8 Å². The van der Waals surface area contributed by atoms with Crippen LogP contribution in [0.2, 0.25) is 5.02 Å². The molecule has 0 aliphatic carbocycles. The van der Waals surface area contributed by atoms with Gasteiger partial charge in [0.15, 0.2) is 5.75 Å². The number of benzene rings is 3. The van der Waals surface area contributed by atoms with Crippen LogP contribution in [0.1, 0.15) is 28.4 Å². The molecule has 7 nitrogen and oxygen atoms in total. The van der Waals surface area contributed by atoms with Crippen molar-refractivity contribution in [3.8, 4) is 17.2 Å². The number of amides is 1. The van der Waals surface area contributed by atoms with E-state index in [1.807, 2.05) is 6.92 Å². The van der Waals surface area contributed by atoms with E-state index in [1.54, 1.807) is 56.3 Å². The minimum Gasteiger partial charge on any atom is -0.493 e. The first-order valence-electron chi connectivity index (χ1n) is 9.87. The van der Waals surface area contributed by atoms with Crippen molar-refractivity contribution in [1.82, 2.24) is 0 Å². The summed E-state index contributed by atoms with van der Waals surface area (Å²) in [6.45, 7) is 5.95. The average molecular weight is 473 g/mol. The summed E-state index contributed by atoms with van der Waals surface area (Å²) >= 11 is 6.00. The summed E-state index contributed by atoms with van der Waals surface area (Å²) in [7, 11) is -3.90. The maximum absolute atomic E-state index is 13.0. The summed E-state index contributed by atoms with van der Waals surface area (Å²) < 4.78 is 40.0. The van der Waals surface area contributed by atoms with Gasteiger partial charge in [0, 0.05) is 10.7 Å². The van der Waals surface area contributed by atoms with Crippen molar-refractivity contribution < 1.29 is 22.7 Å². The first-order valence-corrected chi connectivity index (χ1v) is 11.7. The van der Waals surface area contributed by atoms with E-state index < -0.39 is 15.9 Å². The van der Waals surface area contributed by atoms with E-state index in [0.717, 1.165) is 11.1 Å². The highest BCUT2D eigenvalue weighted by molar-refractivity contribution is 7.92. The Morgan fingerprint density at radius 2 is 1.72 bits per heavy atom. The second-order valence-corrected chi connectivity index (χ2v) is 9.45. The highest BCUT2D eigenvalue weighted by atomic mass is 35.5. The molecule has 32 heavy (non-hydrogen) atoms. The predicted molar refractivity (Wildman–Crippen MR) is 124 cm³/mol. The Bertz CT molecular complexity index is 1320. The fraction of sp³-hybridized carbons (Fsp3) is 0.174. The highest BCUT2D eigenvalue weighted by Crippen LogP contribution is 2.38. The van der Waals surface area contributed by atoms with Crippen LogP contribution < -0.4 is 19.5 Å². The van der Waals surface area contributed by atoms with Crippen LogP contribution in [0.3, 0.4) is 0 Å². The number of halogens is 1. The summed E-state index contributed by atoms with van der Waals surface area (Å²) in [6, 6.07) is 12.5. The molecule has 0 radical (unpaired) electrons. The van der Waals surface area contributed by atoms with Crippen molar-refractivity contribution in [1.29, 1.82) is 0 Å². The Hall–Kier alpha value is -3.23. The Labute approximate surface area is 191 Å². The zero-order valence-corrected chi connectivity index (χ0v) is 19.2. The van der Waals surface area contributed by atoms with Crippen LogP contribution in [0, 0.1) is 13.8 Å². The number of carbonyl (C=O) groups is 1. The third-order valence-corrected chi connectivity index (χ3v) is 6.51. The maximum atomic E-state index is 13.0. The van der Waals surface area contributed by atoms with Gasteiger partial charge in [0.2, 0.25) is 0 Å². The lowest BCUT2D eigenvalue weighted by Crippen LogP contribution is -2.15. The standard InChI is InChI=1S/C23H21ClN2O5S/c1-4-30-22-13(2)9-17(10-14(22)3)32(28,29)26-16-6-8-20-18(12-16)23(27)25-19-11-15(24)5-7-21(19)31-20/h5-12,26H,4H2,1-3H3,(H,25,27). The van der Waals surface area contributed by atoms with E-state index in [1.165, 1.54) is 6.07 Å². The van der Waals surface area contributed by atoms with Crippen LogP contribution in [-0.4, -0.2) is 20.9 Å². The zero-order chi connectivity index (χ0) is 23.0. The molecular weight excluding hydrogens is 452 g/mol. The zero-order valence-electron chi connectivity index (χ0n) is 17.7. The fourth-order valence-electron chi connectivity index (χ4n) is 3.51. The van der Waals surface area contributed by atoms with Gasteiger partial charge in [0.25, 0.3) is 15.9 Å². The first kappa shape index (κ1) is 22.0. The number of ether oxygens (including phenoxy) is 2. The Kier molecular flexibility index (Phi) is 5.75. The number of hydrogen-bond donors (Lipinski definition) is 2. The van der Waals surface area contributed by atoms with Crippen LogP contribution >= 0.6 is 11.6 Å². The van der Waals surface area contributed by atoms with E-state index in [0.29, 0.717) is 34.6 Å². The minimum atomic E-state index is -3.90. The molecule has 1 amide bonds. The Morgan fingerprint density at radius 3 is 2.41 bits per heavy atom. The summed E-state index contributed by atoms with van der Waals surface area (Å²) in [5.41, 5.74) is 2.30. The van der Waals surface area contributed by atoms with Crippen molar-refractivity contribution in [2.24, 2.45) is 0 Å². The molecule has 0 spiro atoms.